The molecule has 0 fully saturated rings. The summed E-state index contributed by atoms with van der Waals surface area (Å²) in [6, 6.07) is 11.3. The summed E-state index contributed by atoms with van der Waals surface area (Å²) in [7, 11) is 1.60. The Morgan fingerprint density at radius 1 is 1.14 bits per heavy atom. The van der Waals surface area contributed by atoms with Gasteiger partial charge in [0.25, 0.3) is 11.8 Å². The quantitative estimate of drug-likeness (QED) is 0.550. The van der Waals surface area contributed by atoms with E-state index >= 15 is 0 Å². The fraction of sp³-hybridized carbons (Fsp3) is 0.286. The Labute approximate surface area is 169 Å². The molecule has 0 aromatic heterocycles. The Kier molecular flexibility index (Phi) is 7.58. The maximum atomic E-state index is 12.5. The van der Waals surface area contributed by atoms with Gasteiger partial charge in [0.05, 0.1) is 13.3 Å². The molecule has 148 valence electrons. The van der Waals surface area contributed by atoms with Crippen molar-refractivity contribution >= 4 is 29.6 Å². The summed E-state index contributed by atoms with van der Waals surface area (Å²) >= 11 is 5.84. The van der Waals surface area contributed by atoms with Crippen molar-refractivity contribution in [2.24, 2.45) is 11.0 Å². The summed E-state index contributed by atoms with van der Waals surface area (Å²) in [6.07, 6.45) is 1.53. The maximum absolute atomic E-state index is 12.5. The molecule has 2 aromatic carbocycles. The molecule has 0 heterocycles. The van der Waals surface area contributed by atoms with Crippen LogP contribution in [0.4, 0.5) is 0 Å². The normalized spacial score (nSPS) is 12.1. The first-order valence-electron chi connectivity index (χ1n) is 8.85. The van der Waals surface area contributed by atoms with Crippen LogP contribution in [0.25, 0.3) is 0 Å². The Hall–Kier alpha value is -2.86. The number of carbonyl (C=O) groups excluding carboxylic acids is 2. The minimum absolute atomic E-state index is 0.120. The third-order valence-electron chi connectivity index (χ3n) is 4.16. The predicted octanol–water partition coefficient (Wildman–Crippen LogP) is 3.56. The number of nitrogens with one attached hydrogen (secondary N) is 2. The Morgan fingerprint density at radius 3 is 2.43 bits per heavy atom. The molecule has 0 bridgehead atoms. The topological polar surface area (TPSA) is 79.8 Å². The van der Waals surface area contributed by atoms with Crippen LogP contribution in [0.15, 0.2) is 47.6 Å². The standard InChI is InChI=1S/C21H24ClN3O3/c1-13(2)19(24-20(26)16-7-9-17(22)10-8-16)21(27)25-23-12-15-6-5-14(3)18(11-15)28-4/h5-13,19H,1-4H3,(H,24,26)(H,25,27). The minimum atomic E-state index is -0.729. The number of hydrogen-bond donors (Lipinski definition) is 2. The van der Waals surface area contributed by atoms with Crippen molar-refractivity contribution in [1.82, 2.24) is 10.7 Å². The molecule has 0 radical (unpaired) electrons. The molecule has 1 atom stereocenters. The average Bonchev–Trinajstić information content (AvgIpc) is 2.67. The molecule has 0 spiro atoms. The van der Waals surface area contributed by atoms with Crippen molar-refractivity contribution in [3.63, 3.8) is 0 Å². The van der Waals surface area contributed by atoms with Crippen LogP contribution in [0.2, 0.25) is 5.02 Å². The van der Waals surface area contributed by atoms with E-state index in [1.54, 1.807) is 31.4 Å². The number of nitrogens with zero attached hydrogens (tertiary/aromatic N) is 1. The highest BCUT2D eigenvalue weighted by atomic mass is 35.5. The van der Waals surface area contributed by atoms with Crippen molar-refractivity contribution in [3.8, 4) is 5.75 Å². The van der Waals surface area contributed by atoms with E-state index in [0.29, 0.717) is 10.6 Å². The molecular weight excluding hydrogens is 378 g/mol. The molecule has 0 saturated heterocycles. The monoisotopic (exact) mass is 401 g/mol. The largest absolute Gasteiger partial charge is 0.496 e. The third kappa shape index (κ3) is 5.82. The number of methoxy groups -OCH3 is 1. The van der Waals surface area contributed by atoms with Crippen LogP contribution in [0.5, 0.6) is 5.75 Å². The van der Waals surface area contributed by atoms with E-state index in [0.717, 1.165) is 16.9 Å². The number of carbonyl (C=O) groups is 2. The molecule has 28 heavy (non-hydrogen) atoms. The number of aryl methyl sites for hydroxylation is 1. The average molecular weight is 402 g/mol. The van der Waals surface area contributed by atoms with Crippen molar-refractivity contribution in [2.45, 2.75) is 26.8 Å². The smallest absolute Gasteiger partial charge is 0.262 e. The zero-order valence-corrected chi connectivity index (χ0v) is 17.1. The van der Waals surface area contributed by atoms with Gasteiger partial charge in [-0.1, -0.05) is 37.6 Å². The summed E-state index contributed by atoms with van der Waals surface area (Å²) in [5, 5.41) is 7.27. The van der Waals surface area contributed by atoms with Crippen molar-refractivity contribution in [3.05, 3.63) is 64.2 Å². The molecule has 2 rings (SSSR count). The first kappa shape index (κ1) is 21.4. The van der Waals surface area contributed by atoms with Crippen LogP contribution >= 0.6 is 11.6 Å². The summed E-state index contributed by atoms with van der Waals surface area (Å²) in [5.41, 5.74) is 4.71. The molecule has 0 saturated carbocycles. The van der Waals surface area contributed by atoms with E-state index in [9.17, 15) is 9.59 Å². The molecule has 0 aliphatic rings. The first-order valence-corrected chi connectivity index (χ1v) is 9.23. The van der Waals surface area contributed by atoms with Gasteiger partial charge >= 0.3 is 0 Å². The second-order valence-electron chi connectivity index (χ2n) is 6.67. The molecular formula is C21H24ClN3O3. The first-order chi connectivity index (χ1) is 13.3. The van der Waals surface area contributed by atoms with Gasteiger partial charge in [-0.05, 0) is 54.3 Å². The van der Waals surface area contributed by atoms with Gasteiger partial charge in [-0.15, -0.1) is 0 Å². The molecule has 0 aliphatic carbocycles. The van der Waals surface area contributed by atoms with E-state index in [-0.39, 0.29) is 11.8 Å². The van der Waals surface area contributed by atoms with Crippen molar-refractivity contribution < 1.29 is 14.3 Å². The predicted molar refractivity (Wildman–Crippen MR) is 111 cm³/mol. The van der Waals surface area contributed by atoms with Gasteiger partial charge in [0.2, 0.25) is 0 Å². The van der Waals surface area contributed by atoms with Crippen molar-refractivity contribution in [1.29, 1.82) is 0 Å². The number of amides is 2. The van der Waals surface area contributed by atoms with Crippen LogP contribution in [0.1, 0.15) is 35.3 Å². The molecule has 7 heteroatoms. The molecule has 2 aromatic rings. The molecule has 6 nitrogen and oxygen atoms in total. The number of hydrazone groups is 1. The van der Waals surface area contributed by atoms with E-state index in [1.807, 2.05) is 39.0 Å². The molecule has 0 aliphatic heterocycles. The fourth-order valence-corrected chi connectivity index (χ4v) is 2.64. The number of benzene rings is 2. The minimum Gasteiger partial charge on any atom is -0.496 e. The Bertz CT molecular complexity index is 864. The van der Waals surface area contributed by atoms with Crippen LogP contribution in [0.3, 0.4) is 0 Å². The molecule has 2 amide bonds. The van der Waals surface area contributed by atoms with Gasteiger partial charge < -0.3 is 10.1 Å². The van der Waals surface area contributed by atoms with E-state index in [1.165, 1.54) is 6.21 Å². The van der Waals surface area contributed by atoms with Gasteiger partial charge in [-0.3, -0.25) is 9.59 Å². The number of halogens is 1. The highest BCUT2D eigenvalue weighted by molar-refractivity contribution is 6.30. The van der Waals surface area contributed by atoms with Gasteiger partial charge in [0.1, 0.15) is 11.8 Å². The highest BCUT2D eigenvalue weighted by Gasteiger charge is 2.24. The van der Waals surface area contributed by atoms with Crippen molar-refractivity contribution in [2.75, 3.05) is 7.11 Å². The van der Waals surface area contributed by atoms with Crippen LogP contribution in [0, 0.1) is 12.8 Å². The van der Waals surface area contributed by atoms with E-state index in [4.69, 9.17) is 16.3 Å². The Balaban J connectivity index is 2.02. The fourth-order valence-electron chi connectivity index (χ4n) is 2.52. The third-order valence-corrected chi connectivity index (χ3v) is 4.41. The van der Waals surface area contributed by atoms with Gasteiger partial charge in [0.15, 0.2) is 0 Å². The zero-order chi connectivity index (χ0) is 20.7. The lowest BCUT2D eigenvalue weighted by atomic mass is 10.0. The zero-order valence-electron chi connectivity index (χ0n) is 16.3. The number of hydrogen-bond acceptors (Lipinski definition) is 4. The van der Waals surface area contributed by atoms with Crippen LogP contribution < -0.4 is 15.5 Å². The second-order valence-corrected chi connectivity index (χ2v) is 7.10. The lowest BCUT2D eigenvalue weighted by Crippen LogP contribution is -2.48. The SMILES string of the molecule is COc1cc(C=NNC(=O)C(NC(=O)c2ccc(Cl)cc2)C(C)C)ccc1C. The summed E-state index contributed by atoms with van der Waals surface area (Å²) < 4.78 is 5.27. The molecule has 2 N–H and O–H groups in total. The summed E-state index contributed by atoms with van der Waals surface area (Å²) in [5.74, 6) is -0.123. The van der Waals surface area contributed by atoms with Gasteiger partial charge in [0, 0.05) is 10.6 Å². The maximum Gasteiger partial charge on any atom is 0.262 e. The number of rotatable bonds is 7. The van der Waals surface area contributed by atoms with Gasteiger partial charge in [-0.2, -0.15) is 5.10 Å². The van der Waals surface area contributed by atoms with E-state index < -0.39 is 11.9 Å². The summed E-state index contributed by atoms with van der Waals surface area (Å²) in [4.78, 5) is 24.9. The van der Waals surface area contributed by atoms with E-state index in [2.05, 4.69) is 15.8 Å². The Morgan fingerprint density at radius 2 is 1.82 bits per heavy atom. The van der Waals surface area contributed by atoms with Crippen LogP contribution in [-0.4, -0.2) is 31.2 Å². The van der Waals surface area contributed by atoms with Gasteiger partial charge in [-0.25, -0.2) is 5.43 Å². The lowest BCUT2D eigenvalue weighted by molar-refractivity contribution is -0.123. The number of ether oxygens (including phenoxy) is 1. The second kappa shape index (κ2) is 9.90. The van der Waals surface area contributed by atoms with Crippen LogP contribution in [-0.2, 0) is 4.79 Å². The lowest BCUT2D eigenvalue weighted by Gasteiger charge is -2.20. The highest BCUT2D eigenvalue weighted by Crippen LogP contribution is 2.17. The summed E-state index contributed by atoms with van der Waals surface area (Å²) in [6.45, 7) is 5.64. The molecule has 1 unspecified atom stereocenters.